The lowest BCUT2D eigenvalue weighted by Gasteiger charge is -2.20. The summed E-state index contributed by atoms with van der Waals surface area (Å²) in [5, 5.41) is 19.3. The molecule has 0 spiro atoms. The van der Waals surface area contributed by atoms with E-state index >= 15 is 0 Å². The Hall–Kier alpha value is -1.34. The van der Waals surface area contributed by atoms with Crippen molar-refractivity contribution in [3.05, 3.63) is 28.1 Å². The van der Waals surface area contributed by atoms with E-state index < -0.39 is 0 Å². The third-order valence-corrected chi connectivity index (χ3v) is 4.32. The van der Waals surface area contributed by atoms with Crippen molar-refractivity contribution >= 4 is 44.6 Å². The summed E-state index contributed by atoms with van der Waals surface area (Å²) in [5.74, 6) is -0.289. The second-order valence-electron chi connectivity index (χ2n) is 4.22. The maximum absolute atomic E-state index is 12.4. The Balaban J connectivity index is 2.40. The SMILES string of the molecule is Nc1c(C(=O)N(CCO)CCO)sc2ccc(Cl)cc12. The number of hydrogen-bond donors (Lipinski definition) is 3. The predicted octanol–water partition coefficient (Wildman–Crippen LogP) is 1.56. The molecule has 20 heavy (non-hydrogen) atoms. The number of benzene rings is 1. The molecule has 0 aliphatic rings. The highest BCUT2D eigenvalue weighted by Crippen LogP contribution is 2.35. The van der Waals surface area contributed by atoms with Crippen LogP contribution < -0.4 is 5.73 Å². The summed E-state index contributed by atoms with van der Waals surface area (Å²) in [6, 6.07) is 5.28. The van der Waals surface area contributed by atoms with Crippen LogP contribution >= 0.6 is 22.9 Å². The van der Waals surface area contributed by atoms with Crippen LogP contribution in [-0.4, -0.2) is 47.3 Å². The van der Waals surface area contributed by atoms with Crippen molar-refractivity contribution in [2.45, 2.75) is 0 Å². The minimum absolute atomic E-state index is 0.161. The van der Waals surface area contributed by atoms with Crippen molar-refractivity contribution in [1.82, 2.24) is 4.90 Å². The van der Waals surface area contributed by atoms with Gasteiger partial charge in [-0.25, -0.2) is 0 Å². The van der Waals surface area contributed by atoms with Gasteiger partial charge in [0.05, 0.1) is 18.9 Å². The summed E-state index contributed by atoms with van der Waals surface area (Å²) in [7, 11) is 0. The Morgan fingerprint density at radius 3 is 2.55 bits per heavy atom. The van der Waals surface area contributed by atoms with E-state index in [4.69, 9.17) is 27.5 Å². The van der Waals surface area contributed by atoms with Crippen LogP contribution in [0.25, 0.3) is 10.1 Å². The molecule has 1 amide bonds. The van der Waals surface area contributed by atoms with Crippen LogP contribution in [0.2, 0.25) is 5.02 Å². The number of hydrogen-bond acceptors (Lipinski definition) is 5. The molecule has 5 nitrogen and oxygen atoms in total. The Morgan fingerprint density at radius 1 is 1.30 bits per heavy atom. The lowest BCUT2D eigenvalue weighted by Crippen LogP contribution is -2.35. The molecule has 0 fully saturated rings. The van der Waals surface area contributed by atoms with E-state index in [-0.39, 0.29) is 32.2 Å². The summed E-state index contributed by atoms with van der Waals surface area (Å²) in [6.45, 7) is -0.00753. The first-order valence-electron chi connectivity index (χ1n) is 6.07. The van der Waals surface area contributed by atoms with Crippen LogP contribution in [0.5, 0.6) is 0 Å². The van der Waals surface area contributed by atoms with Gasteiger partial charge in [0.25, 0.3) is 5.91 Å². The number of carbonyl (C=O) groups excluding carboxylic acids is 1. The van der Waals surface area contributed by atoms with Gasteiger partial charge in [-0.15, -0.1) is 11.3 Å². The molecular formula is C13H15ClN2O3S. The Kier molecular flexibility index (Phi) is 4.82. The molecule has 1 aromatic heterocycles. The second kappa shape index (κ2) is 6.41. The molecule has 0 aliphatic heterocycles. The van der Waals surface area contributed by atoms with Gasteiger partial charge in [-0.05, 0) is 18.2 Å². The van der Waals surface area contributed by atoms with Crippen LogP contribution in [0, 0.1) is 0 Å². The van der Waals surface area contributed by atoms with Crippen LogP contribution in [0.4, 0.5) is 5.69 Å². The highest BCUT2D eigenvalue weighted by Gasteiger charge is 2.21. The number of aliphatic hydroxyl groups excluding tert-OH is 2. The maximum Gasteiger partial charge on any atom is 0.266 e. The number of anilines is 1. The quantitative estimate of drug-likeness (QED) is 0.781. The van der Waals surface area contributed by atoms with Gasteiger partial charge in [0.2, 0.25) is 0 Å². The summed E-state index contributed by atoms with van der Waals surface area (Å²) in [6.07, 6.45) is 0. The van der Waals surface area contributed by atoms with Crippen LogP contribution in [0.3, 0.4) is 0 Å². The number of amides is 1. The standard InChI is InChI=1S/C13H15ClN2O3S/c14-8-1-2-10-9(7-8)11(15)12(20-10)13(19)16(3-5-17)4-6-18/h1-2,7,17-18H,3-6,15H2. The molecule has 4 N–H and O–H groups in total. The molecule has 0 saturated carbocycles. The van der Waals surface area contributed by atoms with E-state index in [0.717, 1.165) is 10.1 Å². The molecule has 0 atom stereocenters. The number of nitrogens with two attached hydrogens (primary N) is 1. The minimum Gasteiger partial charge on any atom is -0.397 e. The zero-order valence-corrected chi connectivity index (χ0v) is 12.2. The van der Waals surface area contributed by atoms with Crippen molar-refractivity contribution < 1.29 is 15.0 Å². The molecule has 7 heteroatoms. The number of nitrogen functional groups attached to an aromatic ring is 1. The fourth-order valence-corrected chi connectivity index (χ4v) is 3.19. The highest BCUT2D eigenvalue weighted by molar-refractivity contribution is 7.21. The van der Waals surface area contributed by atoms with Crippen molar-refractivity contribution in [2.24, 2.45) is 0 Å². The number of rotatable bonds is 5. The first-order valence-corrected chi connectivity index (χ1v) is 7.26. The molecule has 2 aromatic rings. The summed E-state index contributed by atoms with van der Waals surface area (Å²) in [4.78, 5) is 14.2. The van der Waals surface area contributed by atoms with Gasteiger partial charge < -0.3 is 20.8 Å². The first kappa shape index (κ1) is 15.1. The molecule has 1 aromatic carbocycles. The van der Waals surface area contributed by atoms with E-state index in [1.165, 1.54) is 16.2 Å². The molecule has 0 saturated heterocycles. The normalized spacial score (nSPS) is 10.9. The largest absolute Gasteiger partial charge is 0.397 e. The van der Waals surface area contributed by atoms with Gasteiger partial charge in [0.15, 0.2) is 0 Å². The van der Waals surface area contributed by atoms with Gasteiger partial charge in [-0.2, -0.15) is 0 Å². The van der Waals surface area contributed by atoms with E-state index in [1.54, 1.807) is 12.1 Å². The van der Waals surface area contributed by atoms with Gasteiger partial charge in [0.1, 0.15) is 4.88 Å². The van der Waals surface area contributed by atoms with Gasteiger partial charge in [0, 0.05) is 28.2 Å². The van der Waals surface area contributed by atoms with Crippen molar-refractivity contribution in [2.75, 3.05) is 32.0 Å². The molecule has 1 heterocycles. The first-order chi connectivity index (χ1) is 9.58. The fourth-order valence-electron chi connectivity index (χ4n) is 1.95. The summed E-state index contributed by atoms with van der Waals surface area (Å²) in [5.41, 5.74) is 6.41. The third kappa shape index (κ3) is 2.88. The average Bonchev–Trinajstić information content (AvgIpc) is 2.75. The van der Waals surface area contributed by atoms with E-state index in [1.807, 2.05) is 6.07 Å². The lowest BCUT2D eigenvalue weighted by atomic mass is 10.2. The van der Waals surface area contributed by atoms with Crippen molar-refractivity contribution in [3.8, 4) is 0 Å². The monoisotopic (exact) mass is 314 g/mol. The summed E-state index contributed by atoms with van der Waals surface area (Å²) < 4.78 is 0.878. The van der Waals surface area contributed by atoms with Gasteiger partial charge >= 0.3 is 0 Å². The number of carbonyl (C=O) groups is 1. The van der Waals surface area contributed by atoms with Crippen LogP contribution in [0.15, 0.2) is 18.2 Å². The van der Waals surface area contributed by atoms with Crippen LogP contribution in [0.1, 0.15) is 9.67 Å². The Bertz CT molecular complexity index is 623. The summed E-state index contributed by atoms with van der Waals surface area (Å²) >= 11 is 7.21. The smallest absolute Gasteiger partial charge is 0.266 e. The average molecular weight is 315 g/mol. The van der Waals surface area contributed by atoms with Crippen molar-refractivity contribution in [1.29, 1.82) is 0 Å². The zero-order valence-electron chi connectivity index (χ0n) is 10.7. The van der Waals surface area contributed by atoms with E-state index in [0.29, 0.717) is 15.6 Å². The number of halogens is 1. The fraction of sp³-hybridized carbons (Fsp3) is 0.308. The lowest BCUT2D eigenvalue weighted by molar-refractivity contribution is 0.0690. The Morgan fingerprint density at radius 2 is 1.95 bits per heavy atom. The molecule has 0 bridgehead atoms. The minimum atomic E-state index is -0.289. The molecule has 0 unspecified atom stereocenters. The number of nitrogens with zero attached hydrogens (tertiary/aromatic N) is 1. The molecule has 0 radical (unpaired) electrons. The topological polar surface area (TPSA) is 86.8 Å². The third-order valence-electron chi connectivity index (χ3n) is 2.91. The zero-order chi connectivity index (χ0) is 14.7. The number of thiophene rings is 1. The molecule has 108 valence electrons. The van der Waals surface area contributed by atoms with Gasteiger partial charge in [-0.1, -0.05) is 11.6 Å². The van der Waals surface area contributed by atoms with Gasteiger partial charge in [-0.3, -0.25) is 4.79 Å². The predicted molar refractivity (Wildman–Crippen MR) is 81.3 cm³/mol. The second-order valence-corrected chi connectivity index (χ2v) is 5.71. The number of aliphatic hydroxyl groups is 2. The molecule has 2 rings (SSSR count). The Labute approximate surface area is 125 Å². The maximum atomic E-state index is 12.4. The molecule has 0 aliphatic carbocycles. The number of fused-ring (bicyclic) bond motifs is 1. The van der Waals surface area contributed by atoms with E-state index in [2.05, 4.69) is 0 Å². The van der Waals surface area contributed by atoms with E-state index in [9.17, 15) is 4.79 Å². The highest BCUT2D eigenvalue weighted by atomic mass is 35.5. The van der Waals surface area contributed by atoms with Crippen LogP contribution in [-0.2, 0) is 0 Å². The molecular weight excluding hydrogens is 300 g/mol. The van der Waals surface area contributed by atoms with Crippen molar-refractivity contribution in [3.63, 3.8) is 0 Å².